The molecule has 3 aromatic rings. The highest BCUT2D eigenvalue weighted by molar-refractivity contribution is 5.93. The quantitative estimate of drug-likeness (QED) is 0.724. The molecule has 3 heterocycles. The molecule has 4 rings (SSSR count). The number of piperazine rings is 1. The maximum absolute atomic E-state index is 13.0. The van der Waals surface area contributed by atoms with Gasteiger partial charge in [0, 0.05) is 56.9 Å². The Morgan fingerprint density at radius 2 is 1.72 bits per heavy atom. The second-order valence-electron chi connectivity index (χ2n) is 7.01. The Morgan fingerprint density at radius 1 is 1.00 bits per heavy atom. The lowest BCUT2D eigenvalue weighted by atomic mass is 10.2. The second-order valence-corrected chi connectivity index (χ2v) is 7.01. The fourth-order valence-corrected chi connectivity index (χ4v) is 3.43. The lowest BCUT2D eigenvalue weighted by molar-refractivity contribution is 0.0740. The third-order valence-corrected chi connectivity index (χ3v) is 4.97. The van der Waals surface area contributed by atoms with E-state index in [9.17, 15) is 4.79 Å². The molecular formula is C22H24N6O. The van der Waals surface area contributed by atoms with Crippen molar-refractivity contribution >= 4 is 17.4 Å². The molecule has 0 saturated carbocycles. The van der Waals surface area contributed by atoms with Gasteiger partial charge in [-0.2, -0.15) is 0 Å². The predicted molar refractivity (Wildman–Crippen MR) is 113 cm³/mol. The highest BCUT2D eigenvalue weighted by atomic mass is 16.2. The van der Waals surface area contributed by atoms with Crippen LogP contribution in [0.15, 0.2) is 60.9 Å². The summed E-state index contributed by atoms with van der Waals surface area (Å²) in [6.45, 7) is 5.40. The molecule has 0 atom stereocenters. The summed E-state index contributed by atoms with van der Waals surface area (Å²) in [7, 11) is 0. The molecule has 0 radical (unpaired) electrons. The average Bonchev–Trinajstić information content (AvgIpc) is 2.78. The van der Waals surface area contributed by atoms with Gasteiger partial charge in [0.15, 0.2) is 0 Å². The SMILES string of the molecule is Cc1nc(NCc2ccncc2)cc(C(=O)N2CCN(c3ccccc3)CC2)n1. The Kier molecular flexibility index (Phi) is 5.65. The number of amides is 1. The van der Waals surface area contributed by atoms with E-state index in [0.29, 0.717) is 37.0 Å². The van der Waals surface area contributed by atoms with Crippen LogP contribution in [0.3, 0.4) is 0 Å². The van der Waals surface area contributed by atoms with E-state index in [1.807, 2.05) is 42.2 Å². The van der Waals surface area contributed by atoms with E-state index in [4.69, 9.17) is 0 Å². The summed E-state index contributed by atoms with van der Waals surface area (Å²) in [5.74, 6) is 1.19. The van der Waals surface area contributed by atoms with Crippen LogP contribution in [0, 0.1) is 6.92 Å². The van der Waals surface area contributed by atoms with Gasteiger partial charge < -0.3 is 15.1 Å². The Bertz CT molecular complexity index is 956. The van der Waals surface area contributed by atoms with E-state index in [2.05, 4.69) is 37.3 Å². The van der Waals surface area contributed by atoms with Crippen LogP contribution < -0.4 is 10.2 Å². The topological polar surface area (TPSA) is 74.2 Å². The molecule has 0 bridgehead atoms. The number of hydrogen-bond acceptors (Lipinski definition) is 6. The van der Waals surface area contributed by atoms with Crippen LogP contribution in [0.2, 0.25) is 0 Å². The van der Waals surface area contributed by atoms with Gasteiger partial charge in [-0.15, -0.1) is 0 Å². The molecule has 7 heteroatoms. The Balaban J connectivity index is 1.40. The van der Waals surface area contributed by atoms with Gasteiger partial charge in [0.05, 0.1) is 0 Å². The number of aryl methyl sites for hydroxylation is 1. The van der Waals surface area contributed by atoms with E-state index in [1.54, 1.807) is 18.5 Å². The van der Waals surface area contributed by atoms with Crippen molar-refractivity contribution < 1.29 is 4.79 Å². The molecule has 29 heavy (non-hydrogen) atoms. The number of anilines is 2. The number of rotatable bonds is 5. The molecule has 2 aromatic heterocycles. The Hall–Kier alpha value is -3.48. The standard InChI is InChI=1S/C22H24N6O/c1-17-25-20(15-21(26-17)24-16-18-7-9-23-10-8-18)22(29)28-13-11-27(12-14-28)19-5-3-2-4-6-19/h2-10,15H,11-14,16H2,1H3,(H,24,25,26). The van der Waals surface area contributed by atoms with Crippen LogP contribution in [0.25, 0.3) is 0 Å². The first-order valence-electron chi connectivity index (χ1n) is 9.77. The number of hydrogen-bond donors (Lipinski definition) is 1. The first-order valence-corrected chi connectivity index (χ1v) is 9.77. The van der Waals surface area contributed by atoms with Gasteiger partial charge in [0.2, 0.25) is 0 Å². The molecule has 7 nitrogen and oxygen atoms in total. The van der Waals surface area contributed by atoms with E-state index >= 15 is 0 Å². The van der Waals surface area contributed by atoms with Gasteiger partial charge in [-0.1, -0.05) is 18.2 Å². The van der Waals surface area contributed by atoms with Gasteiger partial charge >= 0.3 is 0 Å². The van der Waals surface area contributed by atoms with Crippen molar-refractivity contribution in [3.63, 3.8) is 0 Å². The normalized spacial score (nSPS) is 14.0. The van der Waals surface area contributed by atoms with Crippen LogP contribution in [0.1, 0.15) is 21.9 Å². The van der Waals surface area contributed by atoms with Gasteiger partial charge in [0.25, 0.3) is 5.91 Å². The number of benzene rings is 1. The number of nitrogens with one attached hydrogen (secondary N) is 1. The molecule has 1 aromatic carbocycles. The molecule has 1 aliphatic heterocycles. The zero-order valence-electron chi connectivity index (χ0n) is 16.5. The van der Waals surface area contributed by atoms with Crippen LogP contribution in [-0.4, -0.2) is 51.9 Å². The van der Waals surface area contributed by atoms with Crippen molar-refractivity contribution in [1.29, 1.82) is 0 Å². The highest BCUT2D eigenvalue weighted by Crippen LogP contribution is 2.17. The summed E-state index contributed by atoms with van der Waals surface area (Å²) < 4.78 is 0. The van der Waals surface area contributed by atoms with Crippen molar-refractivity contribution in [3.8, 4) is 0 Å². The van der Waals surface area contributed by atoms with Crippen LogP contribution in [-0.2, 0) is 6.54 Å². The fraction of sp³-hybridized carbons (Fsp3) is 0.273. The van der Waals surface area contributed by atoms with Gasteiger partial charge in [-0.3, -0.25) is 9.78 Å². The van der Waals surface area contributed by atoms with Crippen LogP contribution in [0.5, 0.6) is 0 Å². The summed E-state index contributed by atoms with van der Waals surface area (Å²) in [4.78, 5) is 30.0. The second kappa shape index (κ2) is 8.68. The molecule has 1 fully saturated rings. The molecule has 1 saturated heterocycles. The van der Waals surface area contributed by atoms with Gasteiger partial charge in [-0.05, 0) is 36.8 Å². The minimum absolute atomic E-state index is 0.0461. The van der Waals surface area contributed by atoms with Gasteiger partial charge in [-0.25, -0.2) is 9.97 Å². The molecule has 0 aliphatic carbocycles. The summed E-state index contributed by atoms with van der Waals surface area (Å²) >= 11 is 0. The lowest BCUT2D eigenvalue weighted by Crippen LogP contribution is -2.49. The summed E-state index contributed by atoms with van der Waals surface area (Å²) in [5, 5.41) is 3.27. The Labute approximate surface area is 170 Å². The predicted octanol–water partition coefficient (Wildman–Crippen LogP) is 2.75. The minimum atomic E-state index is -0.0461. The molecular weight excluding hydrogens is 364 g/mol. The summed E-state index contributed by atoms with van der Waals surface area (Å²) in [6.07, 6.45) is 3.51. The Morgan fingerprint density at radius 3 is 2.45 bits per heavy atom. The first-order chi connectivity index (χ1) is 14.2. The smallest absolute Gasteiger partial charge is 0.272 e. The molecule has 148 valence electrons. The molecule has 1 N–H and O–H groups in total. The molecule has 1 amide bonds. The lowest BCUT2D eigenvalue weighted by Gasteiger charge is -2.36. The monoisotopic (exact) mass is 388 g/mol. The third kappa shape index (κ3) is 4.68. The number of para-hydroxylation sites is 1. The number of pyridine rings is 1. The number of aromatic nitrogens is 3. The zero-order valence-corrected chi connectivity index (χ0v) is 16.5. The highest BCUT2D eigenvalue weighted by Gasteiger charge is 2.23. The summed E-state index contributed by atoms with van der Waals surface area (Å²) in [5.41, 5.74) is 2.73. The van der Waals surface area contributed by atoms with E-state index in [0.717, 1.165) is 18.7 Å². The maximum Gasteiger partial charge on any atom is 0.272 e. The van der Waals surface area contributed by atoms with E-state index in [-0.39, 0.29) is 5.91 Å². The number of carbonyl (C=O) groups excluding carboxylic acids is 1. The van der Waals surface area contributed by atoms with Gasteiger partial charge in [0.1, 0.15) is 17.3 Å². The van der Waals surface area contributed by atoms with Crippen molar-refractivity contribution in [3.05, 3.63) is 78.0 Å². The molecule has 0 unspecified atom stereocenters. The zero-order chi connectivity index (χ0) is 20.1. The van der Waals surface area contributed by atoms with Crippen LogP contribution in [0.4, 0.5) is 11.5 Å². The number of carbonyl (C=O) groups is 1. The summed E-state index contributed by atoms with van der Waals surface area (Å²) in [6, 6.07) is 15.9. The fourth-order valence-electron chi connectivity index (χ4n) is 3.43. The largest absolute Gasteiger partial charge is 0.368 e. The molecule has 0 spiro atoms. The van der Waals surface area contributed by atoms with Crippen molar-refractivity contribution in [2.75, 3.05) is 36.4 Å². The van der Waals surface area contributed by atoms with Crippen molar-refractivity contribution in [2.24, 2.45) is 0 Å². The minimum Gasteiger partial charge on any atom is -0.368 e. The van der Waals surface area contributed by atoms with Crippen molar-refractivity contribution in [2.45, 2.75) is 13.5 Å². The van der Waals surface area contributed by atoms with E-state index in [1.165, 1.54) is 5.69 Å². The van der Waals surface area contributed by atoms with Crippen molar-refractivity contribution in [1.82, 2.24) is 19.9 Å². The average molecular weight is 388 g/mol. The first kappa shape index (κ1) is 18.9. The molecule has 1 aliphatic rings. The number of nitrogens with zero attached hydrogens (tertiary/aromatic N) is 5. The van der Waals surface area contributed by atoms with E-state index < -0.39 is 0 Å². The van der Waals surface area contributed by atoms with Crippen LogP contribution >= 0.6 is 0 Å². The third-order valence-electron chi connectivity index (χ3n) is 4.97. The maximum atomic E-state index is 13.0.